The van der Waals surface area contributed by atoms with E-state index in [1.54, 1.807) is 21.0 Å². The third-order valence-corrected chi connectivity index (χ3v) is 0.211. The van der Waals surface area contributed by atoms with E-state index < -0.39 is 0 Å². The monoisotopic (exact) mass is 155 g/mol. The highest BCUT2D eigenvalue weighted by atomic mass is 35.5. The average Bonchev–Trinajstić information content (AvgIpc) is 1.69. The van der Waals surface area contributed by atoms with Crippen molar-refractivity contribution in [1.29, 1.82) is 0 Å². The fourth-order valence-electron chi connectivity index (χ4n) is 0. The van der Waals surface area contributed by atoms with Crippen LogP contribution in [0.5, 0.6) is 0 Å². The number of hydrogen-bond acceptors (Lipinski definition) is 2. The Balaban J connectivity index is -0.0000000800. The molecule has 0 fully saturated rings. The molecule has 1 amide bonds. The summed E-state index contributed by atoms with van der Waals surface area (Å²) >= 11 is 0. The lowest BCUT2D eigenvalue weighted by atomic mass is 10.9. The molecule has 0 bridgehead atoms. The van der Waals surface area contributed by atoms with Crippen LogP contribution in [0.3, 0.4) is 0 Å². The molecule has 0 rings (SSSR count). The summed E-state index contributed by atoms with van der Waals surface area (Å²) in [5.41, 5.74) is 0. The first-order chi connectivity index (χ1) is 3.68. The van der Waals surface area contributed by atoms with Crippen molar-refractivity contribution in [3.8, 4) is 0 Å². The molecule has 58 valence electrons. The van der Waals surface area contributed by atoms with Gasteiger partial charge in [0.15, 0.2) is 0 Å². The lowest BCUT2D eigenvalue weighted by molar-refractivity contribution is -0.115. The second-order valence-corrected chi connectivity index (χ2v) is 1.39. The van der Waals surface area contributed by atoms with Gasteiger partial charge in [-0.05, 0) is 6.92 Å². The Kier molecular flexibility index (Phi) is 27.6. The number of aliphatic hydroxyl groups excluding tert-OH is 1. The van der Waals surface area contributed by atoms with Crippen molar-refractivity contribution < 1.29 is 9.90 Å². The molecule has 0 aromatic heterocycles. The summed E-state index contributed by atoms with van der Waals surface area (Å²) in [6.45, 7) is 1.93. The van der Waals surface area contributed by atoms with E-state index in [1.165, 1.54) is 4.90 Å². The van der Waals surface area contributed by atoms with Crippen LogP contribution < -0.4 is 0 Å². The second-order valence-electron chi connectivity index (χ2n) is 1.39. The number of halogens is 1. The van der Waals surface area contributed by atoms with E-state index in [2.05, 4.69) is 0 Å². The summed E-state index contributed by atoms with van der Waals surface area (Å²) in [4.78, 5) is 10.9. The molecule has 0 unspecified atom stereocenters. The van der Waals surface area contributed by atoms with Gasteiger partial charge in [0.05, 0.1) is 0 Å². The molecule has 0 aliphatic carbocycles. The van der Waals surface area contributed by atoms with Crippen molar-refractivity contribution in [3.05, 3.63) is 0 Å². The highest BCUT2D eigenvalue weighted by Gasteiger charge is 1.68. The molecule has 0 atom stereocenters. The largest absolute Gasteiger partial charge is 0.397 e. The minimum atomic E-state index is 0. The van der Waals surface area contributed by atoms with Crippen LogP contribution >= 0.6 is 12.4 Å². The first-order valence-electron chi connectivity index (χ1n) is 2.41. The predicted molar refractivity (Wildman–Crippen MR) is 39.8 cm³/mol. The van der Waals surface area contributed by atoms with E-state index in [1.807, 2.05) is 0 Å². The highest BCUT2D eigenvalue weighted by molar-refractivity contribution is 5.85. The zero-order valence-corrected chi connectivity index (χ0v) is 6.81. The van der Waals surface area contributed by atoms with E-state index in [0.29, 0.717) is 0 Å². The highest BCUT2D eigenvalue weighted by Crippen LogP contribution is 1.52. The average molecular weight is 156 g/mol. The number of hydrogen-bond donors (Lipinski definition) is 1. The van der Waals surface area contributed by atoms with Gasteiger partial charge in [-0.25, -0.2) is 0 Å². The van der Waals surface area contributed by atoms with Crippen LogP contribution in [-0.4, -0.2) is 37.1 Å². The van der Waals surface area contributed by atoms with Crippen molar-refractivity contribution in [2.75, 3.05) is 20.7 Å². The van der Waals surface area contributed by atoms with Crippen LogP contribution in [0.15, 0.2) is 0 Å². The normalized spacial score (nSPS) is 5.78. The van der Waals surface area contributed by atoms with Gasteiger partial charge in [0.25, 0.3) is 0 Å². The van der Waals surface area contributed by atoms with Crippen molar-refractivity contribution in [3.63, 3.8) is 0 Å². The Labute approximate surface area is 62.1 Å². The summed E-state index contributed by atoms with van der Waals surface area (Å²) in [6, 6.07) is 0. The summed E-state index contributed by atoms with van der Waals surface area (Å²) in [6.07, 6.45) is 0.750. The van der Waals surface area contributed by atoms with Crippen molar-refractivity contribution >= 4 is 18.8 Å². The minimum Gasteiger partial charge on any atom is -0.397 e. The molecule has 0 aliphatic rings. The van der Waals surface area contributed by atoms with Crippen LogP contribution in [0.2, 0.25) is 0 Å². The third-order valence-electron chi connectivity index (χ3n) is 0.211. The van der Waals surface area contributed by atoms with Gasteiger partial charge in [-0.2, -0.15) is 0 Å². The van der Waals surface area contributed by atoms with E-state index >= 15 is 0 Å². The molecule has 0 aromatic carbocycles. The van der Waals surface area contributed by atoms with Crippen LogP contribution in [-0.2, 0) is 4.79 Å². The van der Waals surface area contributed by atoms with E-state index in [4.69, 9.17) is 5.11 Å². The Bertz CT molecular complexity index is 50.2. The van der Waals surface area contributed by atoms with Gasteiger partial charge in [0.1, 0.15) is 0 Å². The second kappa shape index (κ2) is 15.6. The molecule has 0 aromatic rings. The third kappa shape index (κ3) is 85.4. The maximum absolute atomic E-state index is 9.43. The van der Waals surface area contributed by atoms with Gasteiger partial charge in [-0.15, -0.1) is 12.4 Å². The number of amides is 1. The standard InChI is InChI=1S/C3H7NO.C2H6O.ClH/c1-4(2)3-5;1-2-3;/h3H,1-2H3;3H,2H2,1H3;1H. The first kappa shape index (κ1) is 15.9. The minimum absolute atomic E-state index is 0. The van der Waals surface area contributed by atoms with Gasteiger partial charge in [-0.1, -0.05) is 0 Å². The lowest BCUT2D eigenvalue weighted by Crippen LogP contribution is -2.06. The molecule has 0 radical (unpaired) electrons. The van der Waals surface area contributed by atoms with Crippen molar-refractivity contribution in [1.82, 2.24) is 4.90 Å². The SMILES string of the molecule is CCO.CN(C)C=O.Cl. The molecule has 0 spiro atoms. The molecule has 4 heteroatoms. The summed E-state index contributed by atoms with van der Waals surface area (Å²) in [7, 11) is 3.38. The number of carbonyl (C=O) groups excluding carboxylic acids is 1. The smallest absolute Gasteiger partial charge is 0.209 e. The Morgan fingerprint density at radius 3 is 1.67 bits per heavy atom. The number of rotatable bonds is 1. The lowest BCUT2D eigenvalue weighted by Gasteiger charge is -1.93. The first-order valence-corrected chi connectivity index (χ1v) is 2.41. The van der Waals surface area contributed by atoms with Crippen LogP contribution in [0, 0.1) is 0 Å². The van der Waals surface area contributed by atoms with E-state index in [0.717, 1.165) is 6.41 Å². The maximum atomic E-state index is 9.43. The summed E-state index contributed by atoms with van der Waals surface area (Å²) < 4.78 is 0. The molecule has 3 nitrogen and oxygen atoms in total. The molecule has 0 saturated carbocycles. The fraction of sp³-hybridized carbons (Fsp3) is 0.800. The van der Waals surface area contributed by atoms with E-state index in [-0.39, 0.29) is 19.0 Å². The zero-order chi connectivity index (χ0) is 6.99. The number of carbonyl (C=O) groups is 1. The zero-order valence-electron chi connectivity index (χ0n) is 6.00. The Hall–Kier alpha value is -0.280. The Morgan fingerprint density at radius 1 is 1.56 bits per heavy atom. The van der Waals surface area contributed by atoms with Crippen LogP contribution in [0.25, 0.3) is 0 Å². The van der Waals surface area contributed by atoms with Crippen LogP contribution in [0.1, 0.15) is 6.92 Å². The van der Waals surface area contributed by atoms with Gasteiger partial charge in [-0.3, -0.25) is 4.79 Å². The maximum Gasteiger partial charge on any atom is 0.209 e. The Morgan fingerprint density at radius 2 is 1.67 bits per heavy atom. The topological polar surface area (TPSA) is 40.5 Å². The molecular formula is C5H14ClNO2. The fourth-order valence-corrected chi connectivity index (χ4v) is 0. The molecule has 0 saturated heterocycles. The van der Waals surface area contributed by atoms with Crippen molar-refractivity contribution in [2.24, 2.45) is 0 Å². The number of aliphatic hydroxyl groups is 1. The van der Waals surface area contributed by atoms with Gasteiger partial charge >= 0.3 is 0 Å². The molecule has 0 heterocycles. The summed E-state index contributed by atoms with van der Waals surface area (Å²) in [5.74, 6) is 0. The predicted octanol–water partition coefficient (Wildman–Crippen LogP) is 0.125. The quantitative estimate of drug-likeness (QED) is 0.547. The van der Waals surface area contributed by atoms with Gasteiger partial charge in [0, 0.05) is 20.7 Å². The molecular weight excluding hydrogens is 142 g/mol. The van der Waals surface area contributed by atoms with Gasteiger partial charge in [0.2, 0.25) is 6.41 Å². The van der Waals surface area contributed by atoms with Gasteiger partial charge < -0.3 is 10.0 Å². The van der Waals surface area contributed by atoms with Crippen molar-refractivity contribution in [2.45, 2.75) is 6.92 Å². The van der Waals surface area contributed by atoms with Crippen LogP contribution in [0.4, 0.5) is 0 Å². The molecule has 1 N–H and O–H groups in total. The van der Waals surface area contributed by atoms with E-state index in [9.17, 15) is 4.79 Å². The number of nitrogens with zero attached hydrogens (tertiary/aromatic N) is 1. The molecule has 0 aliphatic heterocycles. The molecule has 9 heavy (non-hydrogen) atoms. The summed E-state index contributed by atoms with van der Waals surface area (Å²) in [5, 5.41) is 7.57.